The molecule has 2 atom stereocenters. The number of hydrogen-bond acceptors (Lipinski definition) is 4. The molecule has 0 saturated heterocycles. The Kier molecular flexibility index (Phi) is 6.08. The van der Waals surface area contributed by atoms with Gasteiger partial charge in [-0.15, -0.1) is 0 Å². The second-order valence-electron chi connectivity index (χ2n) is 5.57. The van der Waals surface area contributed by atoms with E-state index in [1.807, 2.05) is 0 Å². The van der Waals surface area contributed by atoms with Crippen LogP contribution in [0.4, 0.5) is 4.39 Å². The first kappa shape index (κ1) is 17.7. The second-order valence-corrected chi connectivity index (χ2v) is 5.57. The lowest BCUT2D eigenvalue weighted by atomic mass is 10.0. The topological polar surface area (TPSA) is 111 Å². The molecule has 0 bridgehead atoms. The van der Waals surface area contributed by atoms with E-state index in [0.717, 1.165) is 0 Å². The number of amides is 2. The number of nitrogens with one attached hydrogen (secondary N) is 1. The Morgan fingerprint density at radius 3 is 2.54 bits per heavy atom. The van der Waals surface area contributed by atoms with Gasteiger partial charge in [0.15, 0.2) is 0 Å². The van der Waals surface area contributed by atoms with E-state index in [1.165, 1.54) is 12.3 Å². The van der Waals surface area contributed by atoms with Crippen molar-refractivity contribution in [3.05, 3.63) is 59.8 Å². The van der Waals surface area contributed by atoms with Gasteiger partial charge in [0.2, 0.25) is 11.8 Å². The molecule has 7 heteroatoms. The van der Waals surface area contributed by atoms with Gasteiger partial charge in [0.25, 0.3) is 0 Å². The first-order valence-corrected chi connectivity index (χ1v) is 7.55. The Hall–Kier alpha value is -2.67. The fraction of sp³-hybridized carbons (Fsp3) is 0.294. The highest BCUT2D eigenvalue weighted by atomic mass is 19.1. The van der Waals surface area contributed by atoms with E-state index in [-0.39, 0.29) is 25.1 Å². The molecule has 2 amide bonds. The monoisotopic (exact) mass is 333 g/mol. The smallest absolute Gasteiger partial charge is 0.240 e. The number of rotatable bonds is 8. The Morgan fingerprint density at radius 2 is 1.92 bits per heavy atom. The molecule has 0 spiro atoms. The predicted molar refractivity (Wildman–Crippen MR) is 86.2 cm³/mol. The van der Waals surface area contributed by atoms with Crippen molar-refractivity contribution in [1.82, 2.24) is 5.32 Å². The highest BCUT2D eigenvalue weighted by molar-refractivity contribution is 5.86. The molecule has 0 aliphatic heterocycles. The fourth-order valence-corrected chi connectivity index (χ4v) is 2.36. The van der Waals surface area contributed by atoms with Crippen LogP contribution in [-0.4, -0.2) is 23.9 Å². The summed E-state index contributed by atoms with van der Waals surface area (Å²) in [6, 6.07) is 8.17. The number of halogens is 1. The molecule has 0 saturated carbocycles. The van der Waals surface area contributed by atoms with E-state index in [9.17, 15) is 14.0 Å². The highest BCUT2D eigenvalue weighted by Gasteiger charge is 2.21. The largest absolute Gasteiger partial charge is 0.469 e. The van der Waals surface area contributed by atoms with Crippen LogP contribution in [0, 0.1) is 5.82 Å². The van der Waals surface area contributed by atoms with E-state index < -0.39 is 23.9 Å². The average molecular weight is 333 g/mol. The zero-order chi connectivity index (χ0) is 17.5. The maximum Gasteiger partial charge on any atom is 0.240 e. The van der Waals surface area contributed by atoms with Gasteiger partial charge in [0, 0.05) is 18.9 Å². The standard InChI is InChI=1S/C17H20FN3O3/c18-14-6-2-1-4-11(14)8-12(19)9-16(22)21-15(17(20)23)10-13-5-3-7-24-13/h1-7,12,15H,8-10,19H2,(H2,20,23)(H,21,22)/t12-,15?/m1/s1. The normalized spacial score (nSPS) is 13.2. The van der Waals surface area contributed by atoms with Crippen LogP contribution in [0.2, 0.25) is 0 Å². The molecule has 5 N–H and O–H groups in total. The summed E-state index contributed by atoms with van der Waals surface area (Å²) >= 11 is 0. The molecular formula is C17H20FN3O3. The Balaban J connectivity index is 1.88. The van der Waals surface area contributed by atoms with Crippen molar-refractivity contribution in [3.8, 4) is 0 Å². The van der Waals surface area contributed by atoms with Gasteiger partial charge in [0.05, 0.1) is 6.26 Å². The van der Waals surface area contributed by atoms with Gasteiger partial charge in [-0.05, 0) is 30.2 Å². The van der Waals surface area contributed by atoms with Crippen LogP contribution in [0.1, 0.15) is 17.7 Å². The third kappa shape index (κ3) is 5.20. The minimum atomic E-state index is -0.885. The van der Waals surface area contributed by atoms with Crippen LogP contribution in [0.3, 0.4) is 0 Å². The van der Waals surface area contributed by atoms with Gasteiger partial charge >= 0.3 is 0 Å². The van der Waals surface area contributed by atoms with Crippen LogP contribution < -0.4 is 16.8 Å². The first-order chi connectivity index (χ1) is 11.5. The van der Waals surface area contributed by atoms with Crippen molar-refractivity contribution < 1.29 is 18.4 Å². The van der Waals surface area contributed by atoms with Crippen LogP contribution in [0.5, 0.6) is 0 Å². The number of carbonyl (C=O) groups is 2. The van der Waals surface area contributed by atoms with E-state index in [1.54, 1.807) is 30.3 Å². The first-order valence-electron chi connectivity index (χ1n) is 7.55. The lowest BCUT2D eigenvalue weighted by molar-refractivity contribution is -0.127. The maximum absolute atomic E-state index is 13.6. The third-order valence-corrected chi connectivity index (χ3v) is 3.55. The Morgan fingerprint density at radius 1 is 1.17 bits per heavy atom. The lowest BCUT2D eigenvalue weighted by Crippen LogP contribution is -2.47. The summed E-state index contributed by atoms with van der Waals surface area (Å²) in [7, 11) is 0. The van der Waals surface area contributed by atoms with Crippen LogP contribution in [0.25, 0.3) is 0 Å². The number of carbonyl (C=O) groups excluding carboxylic acids is 2. The summed E-state index contributed by atoms with van der Waals surface area (Å²) < 4.78 is 18.7. The van der Waals surface area contributed by atoms with Crippen molar-refractivity contribution in [2.24, 2.45) is 11.5 Å². The van der Waals surface area contributed by atoms with Crippen molar-refractivity contribution >= 4 is 11.8 Å². The van der Waals surface area contributed by atoms with E-state index in [0.29, 0.717) is 11.3 Å². The lowest BCUT2D eigenvalue weighted by Gasteiger charge is -2.17. The van der Waals surface area contributed by atoms with Gasteiger partial charge in [0.1, 0.15) is 17.6 Å². The number of furan rings is 1. The van der Waals surface area contributed by atoms with Crippen molar-refractivity contribution in [2.75, 3.05) is 0 Å². The third-order valence-electron chi connectivity index (χ3n) is 3.55. The maximum atomic E-state index is 13.6. The molecule has 0 aliphatic carbocycles. The number of benzene rings is 1. The predicted octanol–water partition coefficient (Wildman–Crippen LogP) is 0.891. The van der Waals surface area contributed by atoms with Gasteiger partial charge in [-0.1, -0.05) is 18.2 Å². The number of primary amides is 1. The number of hydrogen-bond donors (Lipinski definition) is 3. The molecule has 1 aromatic heterocycles. The zero-order valence-electron chi connectivity index (χ0n) is 13.1. The molecule has 2 rings (SSSR count). The van der Waals surface area contributed by atoms with Crippen LogP contribution in [-0.2, 0) is 22.4 Å². The summed E-state index contributed by atoms with van der Waals surface area (Å²) in [5.74, 6) is -0.910. The van der Waals surface area contributed by atoms with E-state index in [2.05, 4.69) is 5.32 Å². The molecule has 0 fully saturated rings. The minimum Gasteiger partial charge on any atom is -0.469 e. The summed E-state index contributed by atoms with van der Waals surface area (Å²) in [6.45, 7) is 0. The van der Waals surface area contributed by atoms with Crippen molar-refractivity contribution in [2.45, 2.75) is 31.3 Å². The molecule has 2 aromatic rings. The average Bonchev–Trinajstić information content (AvgIpc) is 3.01. The Bertz CT molecular complexity index is 688. The molecule has 1 aromatic carbocycles. The Labute approximate surface area is 139 Å². The van der Waals surface area contributed by atoms with Gasteiger partial charge in [-0.25, -0.2) is 4.39 Å². The molecule has 1 heterocycles. The zero-order valence-corrected chi connectivity index (χ0v) is 13.1. The van der Waals surface area contributed by atoms with Crippen molar-refractivity contribution in [1.29, 1.82) is 0 Å². The van der Waals surface area contributed by atoms with Gasteiger partial charge in [-0.3, -0.25) is 9.59 Å². The quantitative estimate of drug-likeness (QED) is 0.666. The summed E-state index contributed by atoms with van der Waals surface area (Å²) in [6.07, 6.45) is 1.81. The molecular weight excluding hydrogens is 313 g/mol. The summed E-state index contributed by atoms with van der Waals surface area (Å²) in [5.41, 5.74) is 11.6. The van der Waals surface area contributed by atoms with Crippen LogP contribution in [0.15, 0.2) is 47.1 Å². The molecule has 0 aliphatic rings. The second kappa shape index (κ2) is 8.26. The van der Waals surface area contributed by atoms with Crippen LogP contribution >= 0.6 is 0 Å². The molecule has 24 heavy (non-hydrogen) atoms. The summed E-state index contributed by atoms with van der Waals surface area (Å²) in [5, 5.41) is 2.54. The summed E-state index contributed by atoms with van der Waals surface area (Å²) in [4.78, 5) is 23.5. The highest BCUT2D eigenvalue weighted by Crippen LogP contribution is 2.10. The van der Waals surface area contributed by atoms with Gasteiger partial charge < -0.3 is 21.2 Å². The van der Waals surface area contributed by atoms with E-state index in [4.69, 9.17) is 15.9 Å². The number of nitrogens with two attached hydrogens (primary N) is 2. The molecule has 6 nitrogen and oxygen atoms in total. The SMILES string of the molecule is NC(=O)C(Cc1ccco1)NC(=O)C[C@H](N)Cc1ccccc1F. The fourth-order valence-electron chi connectivity index (χ4n) is 2.36. The molecule has 128 valence electrons. The van der Waals surface area contributed by atoms with Gasteiger partial charge in [-0.2, -0.15) is 0 Å². The van der Waals surface area contributed by atoms with E-state index >= 15 is 0 Å². The minimum absolute atomic E-state index is 0.0454. The van der Waals surface area contributed by atoms with Crippen molar-refractivity contribution in [3.63, 3.8) is 0 Å². The molecule has 1 unspecified atom stereocenters. The molecule has 0 radical (unpaired) electrons.